The lowest BCUT2D eigenvalue weighted by Crippen LogP contribution is -2.44. The summed E-state index contributed by atoms with van der Waals surface area (Å²) in [6.07, 6.45) is 3.75. The number of hydrogen-bond acceptors (Lipinski definition) is 4. The molecule has 2 N–H and O–H groups in total. The Balaban J connectivity index is 2.35. The molecule has 2 atom stereocenters. The maximum Gasteiger partial charge on any atom is 0.326 e. The molecule has 27 heavy (non-hydrogen) atoms. The lowest BCUT2D eigenvalue weighted by molar-refractivity contribution is -0.142. The molecule has 2 unspecified atom stereocenters. The Bertz CT molecular complexity index is 865. The lowest BCUT2D eigenvalue weighted by atomic mass is 9.99. The van der Waals surface area contributed by atoms with E-state index in [2.05, 4.69) is 5.32 Å². The van der Waals surface area contributed by atoms with Gasteiger partial charge in [0.15, 0.2) is 0 Å². The number of benzene rings is 1. The van der Waals surface area contributed by atoms with Crippen molar-refractivity contribution in [3.8, 4) is 5.75 Å². The van der Waals surface area contributed by atoms with E-state index in [1.165, 1.54) is 6.08 Å². The zero-order valence-corrected chi connectivity index (χ0v) is 16.5. The summed E-state index contributed by atoms with van der Waals surface area (Å²) in [7, 11) is 0. The van der Waals surface area contributed by atoms with Crippen LogP contribution in [0.5, 0.6) is 5.75 Å². The van der Waals surface area contributed by atoms with Crippen molar-refractivity contribution in [2.24, 2.45) is 5.92 Å². The van der Waals surface area contributed by atoms with Crippen LogP contribution >= 0.6 is 0 Å². The first-order valence-electron chi connectivity index (χ1n) is 9.15. The molecule has 6 nitrogen and oxygen atoms in total. The number of rotatable bonds is 8. The predicted octanol–water partition coefficient (Wildman–Crippen LogP) is 4.16. The second kappa shape index (κ2) is 8.75. The molecule has 146 valence electrons. The number of nitrogens with one attached hydrogen (secondary N) is 1. The molecule has 0 spiro atoms. The van der Waals surface area contributed by atoms with Crippen LogP contribution in [0.25, 0.3) is 16.5 Å². The van der Waals surface area contributed by atoms with Crippen LogP contribution in [0.3, 0.4) is 0 Å². The number of amides is 1. The highest BCUT2D eigenvalue weighted by molar-refractivity contribution is 5.98. The van der Waals surface area contributed by atoms with E-state index in [0.29, 0.717) is 24.4 Å². The number of aliphatic carboxylic acids is 1. The molecule has 0 bridgehead atoms. The number of ether oxygens (including phenoxy) is 1. The van der Waals surface area contributed by atoms with Crippen molar-refractivity contribution >= 4 is 28.4 Å². The monoisotopic (exact) mass is 373 g/mol. The van der Waals surface area contributed by atoms with E-state index in [-0.39, 0.29) is 5.92 Å². The van der Waals surface area contributed by atoms with Crippen LogP contribution in [0.4, 0.5) is 0 Å². The number of carboxylic acid groups (broad SMARTS) is 1. The van der Waals surface area contributed by atoms with Gasteiger partial charge in [-0.05, 0) is 43.9 Å². The fourth-order valence-electron chi connectivity index (χ4n) is 2.92. The number of fused-ring (bicyclic) bond motifs is 1. The zero-order valence-electron chi connectivity index (χ0n) is 16.5. The van der Waals surface area contributed by atoms with Crippen LogP contribution in [0, 0.1) is 12.8 Å². The number of allylic oxidation sites excluding steroid dienone is 1. The number of hydrogen-bond donors (Lipinski definition) is 2. The second-order valence-electron chi connectivity index (χ2n) is 6.73. The average molecular weight is 373 g/mol. The Morgan fingerprint density at radius 1 is 1.33 bits per heavy atom. The molecule has 0 saturated heterocycles. The zero-order chi connectivity index (χ0) is 20.1. The Hall–Kier alpha value is -2.76. The fraction of sp³-hybridized carbons (Fsp3) is 0.429. The lowest BCUT2D eigenvalue weighted by Gasteiger charge is -2.19. The van der Waals surface area contributed by atoms with Crippen LogP contribution in [-0.4, -0.2) is 29.6 Å². The van der Waals surface area contributed by atoms with Gasteiger partial charge in [0.25, 0.3) is 0 Å². The van der Waals surface area contributed by atoms with Crippen molar-refractivity contribution in [3.05, 3.63) is 35.6 Å². The van der Waals surface area contributed by atoms with Gasteiger partial charge in [-0.3, -0.25) is 4.79 Å². The third-order valence-corrected chi connectivity index (χ3v) is 4.72. The maximum atomic E-state index is 12.4. The molecule has 2 rings (SSSR count). The molecule has 1 amide bonds. The SMILES string of the molecule is CCOc1cc2occ(C)c2cc1/C(C)=C/C(=O)NC(C(=O)O)C(C)CC. The largest absolute Gasteiger partial charge is 0.493 e. The molecule has 1 heterocycles. The van der Waals surface area contributed by atoms with Crippen LogP contribution in [-0.2, 0) is 9.59 Å². The van der Waals surface area contributed by atoms with E-state index < -0.39 is 17.9 Å². The summed E-state index contributed by atoms with van der Waals surface area (Å²) < 4.78 is 11.2. The number of aryl methyl sites for hydroxylation is 1. The van der Waals surface area contributed by atoms with E-state index in [9.17, 15) is 14.7 Å². The predicted molar refractivity (Wildman–Crippen MR) is 105 cm³/mol. The number of carbonyl (C=O) groups is 2. The van der Waals surface area contributed by atoms with Crippen LogP contribution < -0.4 is 10.1 Å². The summed E-state index contributed by atoms with van der Waals surface area (Å²) in [5, 5.41) is 12.9. The van der Waals surface area contributed by atoms with Crippen molar-refractivity contribution < 1.29 is 23.8 Å². The summed E-state index contributed by atoms with van der Waals surface area (Å²) in [5.41, 5.74) is 3.18. The molecule has 0 aliphatic rings. The summed E-state index contributed by atoms with van der Waals surface area (Å²) in [6.45, 7) is 9.82. The molecule has 1 aromatic heterocycles. The summed E-state index contributed by atoms with van der Waals surface area (Å²) in [6, 6.07) is 2.83. The van der Waals surface area contributed by atoms with Gasteiger partial charge in [0.2, 0.25) is 5.91 Å². The Kier molecular flexibility index (Phi) is 6.66. The third kappa shape index (κ3) is 4.70. The molecule has 0 aliphatic heterocycles. The standard InChI is InChI=1S/C21H27NO5/c1-6-12(3)20(21(24)25)22-19(23)8-13(4)15-9-16-14(5)11-27-18(16)10-17(15)26-7-2/h8-12,20H,6-7H2,1-5H3,(H,22,23)(H,24,25)/b13-8+. The van der Waals surface area contributed by atoms with E-state index in [0.717, 1.165) is 22.1 Å². The van der Waals surface area contributed by atoms with Crippen LogP contribution in [0.15, 0.2) is 28.9 Å². The summed E-state index contributed by atoms with van der Waals surface area (Å²) in [4.78, 5) is 23.8. The van der Waals surface area contributed by atoms with Crippen molar-refractivity contribution in [1.29, 1.82) is 0 Å². The normalized spacial score (nSPS) is 14.0. The Morgan fingerprint density at radius 3 is 2.63 bits per heavy atom. The highest BCUT2D eigenvalue weighted by atomic mass is 16.5. The number of furan rings is 1. The topological polar surface area (TPSA) is 88.8 Å². The molecular weight excluding hydrogens is 346 g/mol. The van der Waals surface area contributed by atoms with Crippen molar-refractivity contribution in [2.45, 2.75) is 47.1 Å². The first-order valence-corrected chi connectivity index (χ1v) is 9.15. The molecule has 2 aromatic rings. The van der Waals surface area contributed by atoms with E-state index >= 15 is 0 Å². The third-order valence-electron chi connectivity index (χ3n) is 4.72. The van der Waals surface area contributed by atoms with Crippen LogP contribution in [0.1, 0.15) is 45.2 Å². The minimum absolute atomic E-state index is 0.163. The minimum Gasteiger partial charge on any atom is -0.493 e. The maximum absolute atomic E-state index is 12.4. The van der Waals surface area contributed by atoms with E-state index in [1.807, 2.05) is 32.9 Å². The van der Waals surface area contributed by atoms with Crippen LogP contribution in [0.2, 0.25) is 0 Å². The Morgan fingerprint density at radius 2 is 2.04 bits per heavy atom. The van der Waals surface area contributed by atoms with Gasteiger partial charge in [-0.25, -0.2) is 4.79 Å². The first-order chi connectivity index (χ1) is 12.8. The van der Waals surface area contributed by atoms with Gasteiger partial charge in [-0.1, -0.05) is 20.3 Å². The van der Waals surface area contributed by atoms with E-state index in [1.54, 1.807) is 20.1 Å². The molecule has 0 saturated carbocycles. The van der Waals surface area contributed by atoms with Gasteiger partial charge >= 0.3 is 5.97 Å². The van der Waals surface area contributed by atoms with Gasteiger partial charge < -0.3 is 19.6 Å². The highest BCUT2D eigenvalue weighted by Gasteiger charge is 2.24. The fourth-order valence-corrected chi connectivity index (χ4v) is 2.92. The van der Waals surface area contributed by atoms with Gasteiger partial charge in [0, 0.05) is 23.1 Å². The van der Waals surface area contributed by atoms with Gasteiger partial charge in [-0.15, -0.1) is 0 Å². The molecule has 0 fully saturated rings. The molecule has 0 radical (unpaired) electrons. The first kappa shape index (κ1) is 20.6. The average Bonchev–Trinajstić information content (AvgIpc) is 2.98. The number of carbonyl (C=O) groups excluding carboxylic acids is 1. The highest BCUT2D eigenvalue weighted by Crippen LogP contribution is 2.33. The minimum atomic E-state index is -1.03. The summed E-state index contributed by atoms with van der Waals surface area (Å²) in [5.74, 6) is -1.01. The van der Waals surface area contributed by atoms with Crippen molar-refractivity contribution in [2.75, 3.05) is 6.61 Å². The number of carboxylic acids is 1. The Labute approximate surface area is 159 Å². The van der Waals surface area contributed by atoms with Gasteiger partial charge in [-0.2, -0.15) is 0 Å². The van der Waals surface area contributed by atoms with Gasteiger partial charge in [0.05, 0.1) is 12.9 Å². The molecule has 1 aromatic carbocycles. The molecule has 0 aliphatic carbocycles. The van der Waals surface area contributed by atoms with E-state index in [4.69, 9.17) is 9.15 Å². The summed E-state index contributed by atoms with van der Waals surface area (Å²) >= 11 is 0. The smallest absolute Gasteiger partial charge is 0.326 e. The quantitative estimate of drug-likeness (QED) is 0.678. The molecular formula is C21H27NO5. The van der Waals surface area contributed by atoms with Gasteiger partial charge in [0.1, 0.15) is 17.4 Å². The molecule has 6 heteroatoms. The second-order valence-corrected chi connectivity index (χ2v) is 6.73. The van der Waals surface area contributed by atoms with Crippen molar-refractivity contribution in [1.82, 2.24) is 5.32 Å². The van der Waals surface area contributed by atoms with Crippen molar-refractivity contribution in [3.63, 3.8) is 0 Å².